The maximum atomic E-state index is 11.4. The Hall–Kier alpha value is -1.83. The average molecular weight is 310 g/mol. The molecule has 122 valence electrons. The molecule has 0 atom stereocenters. The van der Waals surface area contributed by atoms with Gasteiger partial charge in [0, 0.05) is 5.39 Å². The molecule has 2 aromatic rings. The van der Waals surface area contributed by atoms with E-state index in [1.165, 1.54) is 12.8 Å². The predicted octanol–water partition coefficient (Wildman–Crippen LogP) is 5.64. The van der Waals surface area contributed by atoms with Crippen LogP contribution in [0.15, 0.2) is 36.4 Å². The fourth-order valence-electron chi connectivity index (χ4n) is 3.70. The Morgan fingerprint density at radius 2 is 1.70 bits per heavy atom. The van der Waals surface area contributed by atoms with E-state index in [4.69, 9.17) is 4.74 Å². The van der Waals surface area contributed by atoms with Gasteiger partial charge >= 0.3 is 0 Å². The van der Waals surface area contributed by atoms with Gasteiger partial charge in [0.15, 0.2) is 6.29 Å². The molecule has 1 aliphatic carbocycles. The second-order valence-electron chi connectivity index (χ2n) is 7.78. The standard InChI is InChI=1S/C21H26O2/c1-21(2,3)17-10-12-18(13-11-17)23-20-16(14-22)9-8-15-6-4-5-7-19(15)20/h4-9,14,17-18H,10-13H2,1-3H3/t17-,18-. The van der Waals surface area contributed by atoms with Gasteiger partial charge in [-0.1, -0.05) is 51.1 Å². The summed E-state index contributed by atoms with van der Waals surface area (Å²) in [5, 5.41) is 2.16. The van der Waals surface area contributed by atoms with Gasteiger partial charge < -0.3 is 4.74 Å². The van der Waals surface area contributed by atoms with E-state index >= 15 is 0 Å². The summed E-state index contributed by atoms with van der Waals surface area (Å²) in [4.78, 5) is 11.4. The van der Waals surface area contributed by atoms with E-state index < -0.39 is 0 Å². The third-order valence-electron chi connectivity index (χ3n) is 5.22. The van der Waals surface area contributed by atoms with Gasteiger partial charge in [-0.25, -0.2) is 0 Å². The van der Waals surface area contributed by atoms with Crippen molar-refractivity contribution in [3.8, 4) is 5.75 Å². The van der Waals surface area contributed by atoms with Crippen molar-refractivity contribution in [3.05, 3.63) is 42.0 Å². The van der Waals surface area contributed by atoms with E-state index in [0.717, 1.165) is 41.6 Å². The number of rotatable bonds is 3. The van der Waals surface area contributed by atoms with Crippen molar-refractivity contribution in [2.75, 3.05) is 0 Å². The predicted molar refractivity (Wildman–Crippen MR) is 95.2 cm³/mol. The van der Waals surface area contributed by atoms with Crippen LogP contribution in [0.25, 0.3) is 10.8 Å². The summed E-state index contributed by atoms with van der Waals surface area (Å²) < 4.78 is 6.32. The fraction of sp³-hybridized carbons (Fsp3) is 0.476. The van der Waals surface area contributed by atoms with Crippen LogP contribution >= 0.6 is 0 Å². The van der Waals surface area contributed by atoms with E-state index in [1.807, 2.05) is 30.3 Å². The van der Waals surface area contributed by atoms with Gasteiger partial charge in [-0.15, -0.1) is 0 Å². The largest absolute Gasteiger partial charge is 0.489 e. The molecule has 1 fully saturated rings. The zero-order valence-electron chi connectivity index (χ0n) is 14.3. The number of benzene rings is 2. The van der Waals surface area contributed by atoms with Crippen molar-refractivity contribution < 1.29 is 9.53 Å². The Morgan fingerprint density at radius 1 is 1.00 bits per heavy atom. The lowest BCUT2D eigenvalue weighted by Crippen LogP contribution is -2.30. The second-order valence-corrected chi connectivity index (χ2v) is 7.78. The maximum Gasteiger partial charge on any atom is 0.153 e. The molecule has 1 aliphatic rings. The topological polar surface area (TPSA) is 26.3 Å². The number of carbonyl (C=O) groups excluding carboxylic acids is 1. The van der Waals surface area contributed by atoms with Crippen LogP contribution in [0.1, 0.15) is 56.8 Å². The summed E-state index contributed by atoms with van der Waals surface area (Å²) in [6.45, 7) is 6.98. The number of carbonyl (C=O) groups is 1. The van der Waals surface area contributed by atoms with Gasteiger partial charge in [-0.3, -0.25) is 4.79 Å². The van der Waals surface area contributed by atoms with Crippen molar-refractivity contribution in [3.63, 3.8) is 0 Å². The molecule has 2 nitrogen and oxygen atoms in total. The number of hydrogen-bond donors (Lipinski definition) is 0. The Bertz CT molecular complexity index is 689. The summed E-state index contributed by atoms with van der Waals surface area (Å²) in [7, 11) is 0. The van der Waals surface area contributed by atoms with Crippen molar-refractivity contribution >= 4 is 17.1 Å². The fourth-order valence-corrected chi connectivity index (χ4v) is 3.70. The molecule has 23 heavy (non-hydrogen) atoms. The number of ether oxygens (including phenoxy) is 1. The molecule has 0 bridgehead atoms. The number of fused-ring (bicyclic) bond motifs is 1. The number of aldehydes is 1. The quantitative estimate of drug-likeness (QED) is 0.686. The molecule has 0 saturated heterocycles. The monoisotopic (exact) mass is 310 g/mol. The van der Waals surface area contributed by atoms with E-state index in [9.17, 15) is 4.79 Å². The minimum absolute atomic E-state index is 0.220. The van der Waals surface area contributed by atoms with Crippen LogP contribution in [0.2, 0.25) is 0 Å². The molecule has 2 aromatic carbocycles. The van der Waals surface area contributed by atoms with Crippen LogP contribution in [0.3, 0.4) is 0 Å². The third kappa shape index (κ3) is 3.41. The van der Waals surface area contributed by atoms with Crippen LogP contribution in [0.4, 0.5) is 0 Å². The van der Waals surface area contributed by atoms with Gasteiger partial charge in [0.05, 0.1) is 11.7 Å². The van der Waals surface area contributed by atoms with Gasteiger partial charge in [-0.05, 0) is 48.5 Å². The van der Waals surface area contributed by atoms with Crippen molar-refractivity contribution in [1.29, 1.82) is 0 Å². The molecule has 0 amide bonds. The van der Waals surface area contributed by atoms with Crippen LogP contribution in [-0.4, -0.2) is 12.4 Å². The van der Waals surface area contributed by atoms with Crippen molar-refractivity contribution in [2.24, 2.45) is 11.3 Å². The summed E-state index contributed by atoms with van der Waals surface area (Å²) in [6, 6.07) is 12.0. The molecule has 0 N–H and O–H groups in total. The van der Waals surface area contributed by atoms with E-state index in [0.29, 0.717) is 11.0 Å². The van der Waals surface area contributed by atoms with Crippen LogP contribution in [0, 0.1) is 11.3 Å². The summed E-state index contributed by atoms with van der Waals surface area (Å²) in [5.41, 5.74) is 1.03. The zero-order valence-corrected chi connectivity index (χ0v) is 14.3. The van der Waals surface area contributed by atoms with Crippen molar-refractivity contribution in [1.82, 2.24) is 0 Å². The lowest BCUT2D eigenvalue weighted by Gasteiger charge is -2.37. The molecule has 0 radical (unpaired) electrons. The highest BCUT2D eigenvalue weighted by Gasteiger charge is 2.30. The summed E-state index contributed by atoms with van der Waals surface area (Å²) >= 11 is 0. The van der Waals surface area contributed by atoms with Gasteiger partial charge in [-0.2, -0.15) is 0 Å². The van der Waals surface area contributed by atoms with Crippen molar-refractivity contribution in [2.45, 2.75) is 52.6 Å². The molecule has 0 aliphatic heterocycles. The average Bonchev–Trinajstić information content (AvgIpc) is 2.55. The van der Waals surface area contributed by atoms with E-state index in [-0.39, 0.29) is 6.10 Å². The first-order valence-corrected chi connectivity index (χ1v) is 8.62. The first-order chi connectivity index (χ1) is 11.0. The van der Waals surface area contributed by atoms with Crippen LogP contribution in [0.5, 0.6) is 5.75 Å². The molecule has 2 heteroatoms. The highest BCUT2D eigenvalue weighted by atomic mass is 16.5. The molecule has 0 spiro atoms. The normalized spacial score (nSPS) is 22.0. The first kappa shape index (κ1) is 16.0. The Balaban J connectivity index is 1.81. The smallest absolute Gasteiger partial charge is 0.153 e. The summed E-state index contributed by atoms with van der Waals surface area (Å²) in [6.07, 6.45) is 5.68. The third-order valence-corrected chi connectivity index (χ3v) is 5.22. The molecular formula is C21H26O2. The van der Waals surface area contributed by atoms with E-state index in [1.54, 1.807) is 0 Å². The molecule has 0 aromatic heterocycles. The van der Waals surface area contributed by atoms with Crippen LogP contribution < -0.4 is 4.74 Å². The molecule has 3 rings (SSSR count). The zero-order chi connectivity index (χ0) is 16.4. The lowest BCUT2D eigenvalue weighted by atomic mass is 9.72. The molecule has 0 unspecified atom stereocenters. The number of hydrogen-bond acceptors (Lipinski definition) is 2. The van der Waals surface area contributed by atoms with Crippen LogP contribution in [-0.2, 0) is 0 Å². The SMILES string of the molecule is CC(C)(C)[C@H]1CC[C@H](Oc2c(C=O)ccc3ccccc23)CC1. The minimum Gasteiger partial charge on any atom is -0.489 e. The second kappa shape index (κ2) is 6.35. The minimum atomic E-state index is 0.220. The van der Waals surface area contributed by atoms with Gasteiger partial charge in [0.1, 0.15) is 5.75 Å². The summed E-state index contributed by atoms with van der Waals surface area (Å²) in [5.74, 6) is 1.53. The van der Waals surface area contributed by atoms with Gasteiger partial charge in [0.25, 0.3) is 0 Å². The maximum absolute atomic E-state index is 11.4. The Morgan fingerprint density at radius 3 is 2.35 bits per heavy atom. The van der Waals surface area contributed by atoms with Gasteiger partial charge in [0.2, 0.25) is 0 Å². The van der Waals surface area contributed by atoms with E-state index in [2.05, 4.69) is 26.8 Å². The molecule has 0 heterocycles. The molecular weight excluding hydrogens is 284 g/mol. The Kier molecular flexibility index (Phi) is 4.43. The highest BCUT2D eigenvalue weighted by Crippen LogP contribution is 2.40. The lowest BCUT2D eigenvalue weighted by molar-refractivity contribution is 0.0880. The highest BCUT2D eigenvalue weighted by molar-refractivity contribution is 5.96. The molecule has 1 saturated carbocycles. The first-order valence-electron chi connectivity index (χ1n) is 8.62. The Labute approximate surface area is 138 Å².